The summed E-state index contributed by atoms with van der Waals surface area (Å²) in [5.41, 5.74) is 2.58. The fraction of sp³-hybridized carbons (Fsp3) is 0.393. The van der Waals surface area contributed by atoms with Crippen molar-refractivity contribution in [3.05, 3.63) is 78.0 Å². The molecule has 0 saturated carbocycles. The molecule has 0 aliphatic carbocycles. The first-order chi connectivity index (χ1) is 15.9. The second-order valence-electron chi connectivity index (χ2n) is 9.63. The molecule has 3 aromatic rings. The summed E-state index contributed by atoms with van der Waals surface area (Å²) in [6.07, 6.45) is 5.86. The molecule has 1 aliphatic heterocycles. The quantitative estimate of drug-likeness (QED) is 0.583. The Hall–Kier alpha value is -3.21. The average molecular weight is 444 g/mol. The molecule has 2 aromatic carbocycles. The van der Waals surface area contributed by atoms with E-state index in [1.54, 1.807) is 0 Å². The fourth-order valence-corrected chi connectivity index (χ4v) is 4.69. The van der Waals surface area contributed by atoms with Crippen LogP contribution in [0.2, 0.25) is 0 Å². The Bertz CT molecular complexity index is 1100. The van der Waals surface area contributed by atoms with Gasteiger partial charge in [-0.05, 0) is 74.8 Å². The lowest BCUT2D eigenvalue weighted by atomic mass is 9.89. The summed E-state index contributed by atoms with van der Waals surface area (Å²) >= 11 is 0. The number of hydrogen-bond donors (Lipinski definition) is 1. The van der Waals surface area contributed by atoms with Crippen LogP contribution in [0, 0.1) is 5.92 Å². The molecular weight excluding hydrogens is 410 g/mol. The summed E-state index contributed by atoms with van der Waals surface area (Å²) < 4.78 is 0. The van der Waals surface area contributed by atoms with Gasteiger partial charge in [0.05, 0.1) is 5.52 Å². The SMILES string of the molecule is CC(C)(NC(=O)CCc1ccccc1)C(=O)N1CCC(Cc2ccc3ncccc3c2)CC1. The number of piperidine rings is 1. The molecule has 4 rings (SSSR count). The van der Waals surface area contributed by atoms with Crippen LogP contribution in [0.1, 0.15) is 44.2 Å². The molecule has 0 radical (unpaired) electrons. The molecule has 0 spiro atoms. The number of aromatic nitrogens is 1. The van der Waals surface area contributed by atoms with Crippen molar-refractivity contribution in [3.63, 3.8) is 0 Å². The number of carbonyl (C=O) groups is 2. The van der Waals surface area contributed by atoms with Gasteiger partial charge in [-0.1, -0.05) is 42.5 Å². The molecule has 1 fully saturated rings. The zero-order valence-electron chi connectivity index (χ0n) is 19.6. The van der Waals surface area contributed by atoms with Gasteiger partial charge >= 0.3 is 0 Å². The van der Waals surface area contributed by atoms with Crippen molar-refractivity contribution in [2.45, 2.75) is 51.5 Å². The Morgan fingerprint density at radius 1 is 1.00 bits per heavy atom. The van der Waals surface area contributed by atoms with Crippen LogP contribution in [0.15, 0.2) is 66.9 Å². The van der Waals surface area contributed by atoms with Gasteiger partial charge in [-0.3, -0.25) is 14.6 Å². The standard InChI is InChI=1S/C28H33N3O2/c1-28(2,30-26(32)13-11-21-7-4-3-5-8-21)27(33)31-17-14-22(15-18-31)19-23-10-12-25-24(20-23)9-6-16-29-25/h3-10,12,16,20,22H,11,13-15,17-19H2,1-2H3,(H,30,32). The number of benzene rings is 2. The topological polar surface area (TPSA) is 62.3 Å². The molecule has 33 heavy (non-hydrogen) atoms. The van der Waals surface area contributed by atoms with Crippen LogP contribution in [-0.4, -0.2) is 40.3 Å². The summed E-state index contributed by atoms with van der Waals surface area (Å²) in [6, 6.07) is 20.5. The summed E-state index contributed by atoms with van der Waals surface area (Å²) in [5, 5.41) is 4.13. The van der Waals surface area contributed by atoms with Gasteiger partial charge in [0.2, 0.25) is 11.8 Å². The predicted octanol–water partition coefficient (Wildman–Crippen LogP) is 4.54. The van der Waals surface area contributed by atoms with Gasteiger partial charge < -0.3 is 10.2 Å². The third kappa shape index (κ3) is 5.98. The minimum atomic E-state index is -0.897. The number of rotatable bonds is 7. The monoisotopic (exact) mass is 443 g/mol. The van der Waals surface area contributed by atoms with Gasteiger partial charge in [0, 0.05) is 31.1 Å². The van der Waals surface area contributed by atoms with E-state index in [9.17, 15) is 9.59 Å². The molecule has 0 bridgehead atoms. The summed E-state index contributed by atoms with van der Waals surface area (Å²) in [7, 11) is 0. The molecule has 5 heteroatoms. The summed E-state index contributed by atoms with van der Waals surface area (Å²) in [6.45, 7) is 5.10. The second-order valence-corrected chi connectivity index (χ2v) is 9.63. The van der Waals surface area contributed by atoms with Gasteiger partial charge in [-0.2, -0.15) is 0 Å². The Labute approximate surface area is 196 Å². The Morgan fingerprint density at radius 2 is 1.76 bits per heavy atom. The predicted molar refractivity (Wildman–Crippen MR) is 132 cm³/mol. The number of fused-ring (bicyclic) bond motifs is 1. The van der Waals surface area contributed by atoms with Crippen molar-refractivity contribution in [2.75, 3.05) is 13.1 Å². The number of pyridine rings is 1. The third-order valence-corrected chi connectivity index (χ3v) is 6.56. The molecule has 2 amide bonds. The zero-order chi connectivity index (χ0) is 23.3. The van der Waals surface area contributed by atoms with Gasteiger partial charge in [-0.15, -0.1) is 0 Å². The van der Waals surface area contributed by atoms with Crippen molar-refractivity contribution >= 4 is 22.7 Å². The van der Waals surface area contributed by atoms with Crippen molar-refractivity contribution in [3.8, 4) is 0 Å². The van der Waals surface area contributed by atoms with Crippen molar-refractivity contribution in [1.82, 2.24) is 15.2 Å². The Balaban J connectivity index is 1.26. The van der Waals surface area contributed by atoms with E-state index < -0.39 is 5.54 Å². The van der Waals surface area contributed by atoms with E-state index in [0.717, 1.165) is 43.4 Å². The van der Waals surface area contributed by atoms with Gasteiger partial charge in [0.25, 0.3) is 0 Å². The molecule has 0 unspecified atom stereocenters. The summed E-state index contributed by atoms with van der Waals surface area (Å²) in [5.74, 6) is 0.482. The largest absolute Gasteiger partial charge is 0.342 e. The number of aryl methyl sites for hydroxylation is 1. The van der Waals surface area contributed by atoms with Crippen molar-refractivity contribution < 1.29 is 9.59 Å². The van der Waals surface area contributed by atoms with Crippen LogP contribution in [0.25, 0.3) is 10.9 Å². The number of hydrogen-bond acceptors (Lipinski definition) is 3. The van der Waals surface area contributed by atoms with E-state index in [2.05, 4.69) is 34.6 Å². The zero-order valence-corrected chi connectivity index (χ0v) is 19.6. The van der Waals surface area contributed by atoms with Crippen LogP contribution in [0.5, 0.6) is 0 Å². The van der Waals surface area contributed by atoms with Crippen LogP contribution < -0.4 is 5.32 Å². The summed E-state index contributed by atoms with van der Waals surface area (Å²) in [4.78, 5) is 31.9. The molecule has 172 valence electrons. The maximum absolute atomic E-state index is 13.1. The lowest BCUT2D eigenvalue weighted by molar-refractivity contribution is -0.141. The Morgan fingerprint density at radius 3 is 2.52 bits per heavy atom. The van der Waals surface area contributed by atoms with E-state index in [0.29, 0.717) is 18.8 Å². The normalized spacial score (nSPS) is 14.9. The number of nitrogens with one attached hydrogen (secondary N) is 1. The molecule has 5 nitrogen and oxygen atoms in total. The van der Waals surface area contributed by atoms with E-state index in [4.69, 9.17) is 0 Å². The molecule has 1 saturated heterocycles. The number of nitrogens with zero attached hydrogens (tertiary/aromatic N) is 2. The number of likely N-dealkylation sites (tertiary alicyclic amines) is 1. The molecule has 1 aliphatic rings. The average Bonchev–Trinajstić information content (AvgIpc) is 2.83. The van der Waals surface area contributed by atoms with E-state index >= 15 is 0 Å². The smallest absolute Gasteiger partial charge is 0.247 e. The molecular formula is C28H33N3O2. The molecule has 2 heterocycles. The van der Waals surface area contributed by atoms with Crippen molar-refractivity contribution in [1.29, 1.82) is 0 Å². The maximum Gasteiger partial charge on any atom is 0.247 e. The second kappa shape index (κ2) is 10.2. The maximum atomic E-state index is 13.1. The fourth-order valence-electron chi connectivity index (χ4n) is 4.69. The van der Waals surface area contributed by atoms with Gasteiger partial charge in [-0.25, -0.2) is 0 Å². The first kappa shape index (κ1) is 23.0. The van der Waals surface area contributed by atoms with Crippen LogP contribution >= 0.6 is 0 Å². The van der Waals surface area contributed by atoms with E-state index in [1.807, 2.05) is 61.3 Å². The van der Waals surface area contributed by atoms with E-state index in [1.165, 1.54) is 10.9 Å². The van der Waals surface area contributed by atoms with Crippen molar-refractivity contribution in [2.24, 2.45) is 5.92 Å². The highest BCUT2D eigenvalue weighted by Gasteiger charge is 2.35. The van der Waals surface area contributed by atoms with Gasteiger partial charge in [0.1, 0.15) is 5.54 Å². The first-order valence-corrected chi connectivity index (χ1v) is 11.9. The Kier molecular flexibility index (Phi) is 7.07. The number of carbonyl (C=O) groups excluding carboxylic acids is 2. The lowest BCUT2D eigenvalue weighted by Gasteiger charge is -2.37. The molecule has 1 N–H and O–H groups in total. The first-order valence-electron chi connectivity index (χ1n) is 11.9. The third-order valence-electron chi connectivity index (χ3n) is 6.56. The van der Waals surface area contributed by atoms with Crippen LogP contribution in [-0.2, 0) is 22.4 Å². The van der Waals surface area contributed by atoms with Gasteiger partial charge in [0.15, 0.2) is 0 Å². The minimum Gasteiger partial charge on any atom is -0.342 e. The highest BCUT2D eigenvalue weighted by atomic mass is 16.2. The van der Waals surface area contributed by atoms with Crippen LogP contribution in [0.4, 0.5) is 0 Å². The lowest BCUT2D eigenvalue weighted by Crippen LogP contribution is -2.57. The highest BCUT2D eigenvalue weighted by Crippen LogP contribution is 2.25. The van der Waals surface area contributed by atoms with E-state index in [-0.39, 0.29) is 11.8 Å². The minimum absolute atomic E-state index is 0.00536. The number of amides is 2. The molecule has 1 aromatic heterocycles. The van der Waals surface area contributed by atoms with Crippen LogP contribution in [0.3, 0.4) is 0 Å². The highest BCUT2D eigenvalue weighted by molar-refractivity contribution is 5.90. The molecule has 0 atom stereocenters.